The number of aromatic nitrogens is 1. The molecule has 2 rings (SSSR count). The van der Waals surface area contributed by atoms with Gasteiger partial charge in [-0.25, -0.2) is 4.79 Å². The lowest BCUT2D eigenvalue weighted by Crippen LogP contribution is -2.04. The van der Waals surface area contributed by atoms with E-state index < -0.39 is 5.97 Å². The lowest BCUT2D eigenvalue weighted by molar-refractivity contribution is 0.0698. The molecule has 1 heterocycles. The fourth-order valence-electron chi connectivity index (χ4n) is 2.38. The van der Waals surface area contributed by atoms with Gasteiger partial charge in [-0.15, -0.1) is 0 Å². The molecule has 0 spiro atoms. The third-order valence-corrected chi connectivity index (χ3v) is 3.18. The van der Waals surface area contributed by atoms with E-state index in [4.69, 9.17) is 10.8 Å². The highest BCUT2D eigenvalue weighted by atomic mass is 16.4. The molecule has 5 nitrogen and oxygen atoms in total. The number of aliphatic hydroxyl groups is 1. The Hall–Kier alpha value is -1.85. The Kier molecular flexibility index (Phi) is 4.19. The van der Waals surface area contributed by atoms with Gasteiger partial charge in [0.25, 0.3) is 0 Å². The molecule has 5 heteroatoms. The minimum atomic E-state index is -0.937. The van der Waals surface area contributed by atoms with Gasteiger partial charge in [-0.1, -0.05) is 12.1 Å². The largest absolute Gasteiger partial charge is 0.478 e. The molecule has 19 heavy (non-hydrogen) atoms. The fourth-order valence-corrected chi connectivity index (χ4v) is 2.38. The van der Waals surface area contributed by atoms with Gasteiger partial charge in [-0.3, -0.25) is 0 Å². The van der Waals surface area contributed by atoms with Crippen molar-refractivity contribution in [3.05, 3.63) is 35.5 Å². The van der Waals surface area contributed by atoms with E-state index in [-0.39, 0.29) is 6.61 Å². The van der Waals surface area contributed by atoms with E-state index >= 15 is 0 Å². The Morgan fingerprint density at radius 1 is 1.37 bits per heavy atom. The third kappa shape index (κ3) is 2.62. The van der Waals surface area contributed by atoms with Crippen molar-refractivity contribution in [2.45, 2.75) is 19.4 Å². The van der Waals surface area contributed by atoms with E-state index in [1.54, 1.807) is 12.1 Å². The highest BCUT2D eigenvalue weighted by molar-refractivity contribution is 6.03. The maximum atomic E-state index is 11.3. The summed E-state index contributed by atoms with van der Waals surface area (Å²) in [6.07, 6.45) is 3.26. The monoisotopic (exact) mass is 262 g/mol. The van der Waals surface area contributed by atoms with Gasteiger partial charge in [0.15, 0.2) is 0 Å². The Morgan fingerprint density at radius 2 is 2.16 bits per heavy atom. The van der Waals surface area contributed by atoms with Gasteiger partial charge < -0.3 is 20.5 Å². The van der Waals surface area contributed by atoms with Gasteiger partial charge >= 0.3 is 5.97 Å². The molecule has 0 aliphatic carbocycles. The quantitative estimate of drug-likeness (QED) is 0.730. The lowest BCUT2D eigenvalue weighted by atomic mass is 10.1. The number of aromatic carboxylic acids is 1. The average Bonchev–Trinajstić information content (AvgIpc) is 2.75. The third-order valence-electron chi connectivity index (χ3n) is 3.18. The maximum absolute atomic E-state index is 11.3. The van der Waals surface area contributed by atoms with Crippen molar-refractivity contribution in [3.8, 4) is 0 Å². The molecule has 0 bridgehead atoms. The predicted octanol–water partition coefficient (Wildman–Crippen LogP) is 1.22. The summed E-state index contributed by atoms with van der Waals surface area (Å²) in [5, 5.41) is 19.2. The van der Waals surface area contributed by atoms with Crippen LogP contribution in [0.15, 0.2) is 24.4 Å². The summed E-state index contributed by atoms with van der Waals surface area (Å²) in [5.41, 5.74) is 7.65. The van der Waals surface area contributed by atoms with Gasteiger partial charge in [0.2, 0.25) is 0 Å². The first-order chi connectivity index (χ1) is 9.19. The Balaban J connectivity index is 2.61. The summed E-state index contributed by atoms with van der Waals surface area (Å²) in [4.78, 5) is 11.3. The molecule has 102 valence electrons. The minimum Gasteiger partial charge on any atom is -0.478 e. The molecule has 0 atom stereocenters. The highest BCUT2D eigenvalue weighted by Gasteiger charge is 2.15. The molecule has 0 saturated heterocycles. The molecule has 0 saturated carbocycles. The highest BCUT2D eigenvalue weighted by Crippen LogP contribution is 2.25. The number of nitrogens with zero attached hydrogens (tertiary/aromatic N) is 1. The van der Waals surface area contributed by atoms with Crippen LogP contribution in [0.25, 0.3) is 10.9 Å². The number of hydrogen-bond donors (Lipinski definition) is 3. The number of benzene rings is 1. The molecule has 2 aromatic rings. The number of rotatable bonds is 6. The summed E-state index contributed by atoms with van der Waals surface area (Å²) in [5.74, 6) is -0.937. The van der Waals surface area contributed by atoms with E-state index in [0.717, 1.165) is 10.9 Å². The van der Waals surface area contributed by atoms with Crippen LogP contribution in [0.5, 0.6) is 0 Å². The van der Waals surface area contributed by atoms with Crippen molar-refractivity contribution in [1.82, 2.24) is 4.57 Å². The zero-order chi connectivity index (χ0) is 13.8. The normalized spacial score (nSPS) is 11.1. The lowest BCUT2D eigenvalue weighted by Gasteiger charge is -2.06. The summed E-state index contributed by atoms with van der Waals surface area (Å²) < 4.78 is 1.90. The van der Waals surface area contributed by atoms with Crippen molar-refractivity contribution in [3.63, 3.8) is 0 Å². The number of nitrogens with two attached hydrogens (primary N) is 1. The standard InChI is InChI=1S/C14H18N2O3/c15-6-5-10-9-16(7-2-8-17)13-11(10)3-1-4-12(13)14(18)19/h1,3-4,9,17H,2,5-8,15H2,(H,18,19). The smallest absolute Gasteiger partial charge is 0.337 e. The first-order valence-corrected chi connectivity index (χ1v) is 6.34. The predicted molar refractivity (Wildman–Crippen MR) is 73.4 cm³/mol. The second kappa shape index (κ2) is 5.86. The van der Waals surface area contributed by atoms with Gasteiger partial charge in [0, 0.05) is 24.7 Å². The van der Waals surface area contributed by atoms with Crippen LogP contribution in [-0.4, -0.2) is 33.9 Å². The molecular weight excluding hydrogens is 244 g/mol. The molecule has 0 unspecified atom stereocenters. The number of aryl methyl sites for hydroxylation is 1. The van der Waals surface area contributed by atoms with E-state index in [1.165, 1.54) is 0 Å². The minimum absolute atomic E-state index is 0.0845. The Labute approximate surface area is 111 Å². The number of carboxylic acid groups (broad SMARTS) is 1. The molecule has 0 fully saturated rings. The summed E-state index contributed by atoms with van der Waals surface area (Å²) in [7, 11) is 0. The molecule has 4 N–H and O–H groups in total. The van der Waals surface area contributed by atoms with Crippen molar-refractivity contribution < 1.29 is 15.0 Å². The van der Waals surface area contributed by atoms with Crippen LogP contribution in [-0.2, 0) is 13.0 Å². The maximum Gasteiger partial charge on any atom is 0.337 e. The van der Waals surface area contributed by atoms with E-state index in [9.17, 15) is 9.90 Å². The number of carbonyl (C=O) groups is 1. The van der Waals surface area contributed by atoms with Crippen molar-refractivity contribution in [2.24, 2.45) is 5.73 Å². The van der Waals surface area contributed by atoms with Crippen LogP contribution in [0.4, 0.5) is 0 Å². The number of para-hydroxylation sites is 1. The van der Waals surface area contributed by atoms with Crippen LogP contribution < -0.4 is 5.73 Å². The topological polar surface area (TPSA) is 88.5 Å². The molecule has 0 radical (unpaired) electrons. The van der Waals surface area contributed by atoms with E-state index in [2.05, 4.69) is 0 Å². The van der Waals surface area contributed by atoms with Crippen molar-refractivity contribution >= 4 is 16.9 Å². The number of carboxylic acids is 1. The summed E-state index contributed by atoms with van der Waals surface area (Å²) >= 11 is 0. The molecule has 1 aromatic heterocycles. The zero-order valence-electron chi connectivity index (χ0n) is 10.7. The first-order valence-electron chi connectivity index (χ1n) is 6.34. The van der Waals surface area contributed by atoms with Crippen LogP contribution in [0, 0.1) is 0 Å². The number of fused-ring (bicyclic) bond motifs is 1. The number of hydrogen-bond acceptors (Lipinski definition) is 3. The Morgan fingerprint density at radius 3 is 2.79 bits per heavy atom. The fraction of sp³-hybridized carbons (Fsp3) is 0.357. The van der Waals surface area contributed by atoms with Crippen LogP contribution in [0.3, 0.4) is 0 Å². The summed E-state index contributed by atoms with van der Waals surface area (Å²) in [6.45, 7) is 1.21. The second-order valence-electron chi connectivity index (χ2n) is 4.47. The van der Waals surface area contributed by atoms with Crippen LogP contribution in [0.1, 0.15) is 22.3 Å². The number of aliphatic hydroxyl groups excluding tert-OH is 1. The van der Waals surface area contributed by atoms with Gasteiger partial charge in [-0.05, 0) is 31.0 Å². The van der Waals surface area contributed by atoms with Gasteiger partial charge in [0.05, 0.1) is 11.1 Å². The molecular formula is C14H18N2O3. The average molecular weight is 262 g/mol. The second-order valence-corrected chi connectivity index (χ2v) is 4.47. The molecule has 0 amide bonds. The molecule has 0 aliphatic heterocycles. The van der Waals surface area contributed by atoms with Crippen molar-refractivity contribution in [1.29, 1.82) is 0 Å². The van der Waals surface area contributed by atoms with Crippen LogP contribution >= 0.6 is 0 Å². The van der Waals surface area contributed by atoms with Gasteiger partial charge in [0.1, 0.15) is 0 Å². The summed E-state index contributed by atoms with van der Waals surface area (Å²) in [6, 6.07) is 5.27. The first kappa shape index (κ1) is 13.6. The van der Waals surface area contributed by atoms with Crippen molar-refractivity contribution in [2.75, 3.05) is 13.2 Å². The van der Waals surface area contributed by atoms with Crippen LogP contribution in [0.2, 0.25) is 0 Å². The van der Waals surface area contributed by atoms with E-state index in [1.807, 2.05) is 16.8 Å². The molecule has 1 aromatic carbocycles. The van der Waals surface area contributed by atoms with Gasteiger partial charge in [-0.2, -0.15) is 0 Å². The zero-order valence-corrected chi connectivity index (χ0v) is 10.7. The molecule has 0 aliphatic rings. The van der Waals surface area contributed by atoms with E-state index in [0.29, 0.717) is 37.0 Å². The Bertz CT molecular complexity index is 590. The SMILES string of the molecule is NCCc1cn(CCCO)c2c(C(=O)O)cccc12.